The van der Waals surface area contributed by atoms with Gasteiger partial charge in [-0.3, -0.25) is 9.48 Å². The van der Waals surface area contributed by atoms with Crippen molar-refractivity contribution in [1.29, 1.82) is 0 Å². The number of fused-ring (bicyclic) bond motifs is 2. The first kappa shape index (κ1) is 18.0. The third-order valence-corrected chi connectivity index (χ3v) is 7.46. The highest BCUT2D eigenvalue weighted by atomic mass is 32.1. The Morgan fingerprint density at radius 2 is 2.00 bits per heavy atom. The van der Waals surface area contributed by atoms with E-state index in [4.69, 9.17) is 9.97 Å². The number of carbonyl (C=O) groups is 1. The van der Waals surface area contributed by atoms with Gasteiger partial charge in [0.1, 0.15) is 5.01 Å². The first-order valence-electron chi connectivity index (χ1n) is 10.6. The van der Waals surface area contributed by atoms with Crippen LogP contribution >= 0.6 is 11.3 Å². The number of hydrogen-bond acceptors (Lipinski definition) is 5. The van der Waals surface area contributed by atoms with E-state index in [1.54, 1.807) is 11.3 Å². The summed E-state index contributed by atoms with van der Waals surface area (Å²) in [5.41, 5.74) is 4.48. The van der Waals surface area contributed by atoms with E-state index < -0.39 is 0 Å². The van der Waals surface area contributed by atoms with Gasteiger partial charge in [0.15, 0.2) is 5.65 Å². The van der Waals surface area contributed by atoms with Crippen molar-refractivity contribution in [2.24, 2.45) is 7.05 Å². The number of pyridine rings is 1. The third kappa shape index (κ3) is 2.75. The Kier molecular flexibility index (Phi) is 3.96. The summed E-state index contributed by atoms with van der Waals surface area (Å²) in [4.78, 5) is 25.6. The van der Waals surface area contributed by atoms with Crippen molar-refractivity contribution >= 4 is 38.5 Å². The summed E-state index contributed by atoms with van der Waals surface area (Å²) in [5, 5.41) is 6.49. The molecule has 1 saturated heterocycles. The molecule has 0 spiro atoms. The van der Waals surface area contributed by atoms with Gasteiger partial charge in [-0.05, 0) is 50.8 Å². The molecule has 152 valence electrons. The molecule has 0 N–H and O–H groups in total. The Balaban J connectivity index is 1.44. The number of carbonyl (C=O) groups excluding carboxylic acids is 1. The minimum absolute atomic E-state index is 0.0412. The number of aryl methyl sites for hydroxylation is 2. The molecule has 1 aromatic carbocycles. The molecule has 0 bridgehead atoms. The predicted octanol–water partition coefficient (Wildman–Crippen LogP) is 4.74. The van der Waals surface area contributed by atoms with Crippen molar-refractivity contribution in [1.82, 2.24) is 24.6 Å². The van der Waals surface area contributed by atoms with E-state index in [1.807, 2.05) is 47.8 Å². The van der Waals surface area contributed by atoms with E-state index in [-0.39, 0.29) is 11.9 Å². The number of rotatable bonds is 3. The van der Waals surface area contributed by atoms with Crippen molar-refractivity contribution in [3.63, 3.8) is 0 Å². The quantitative estimate of drug-likeness (QED) is 0.483. The van der Waals surface area contributed by atoms with E-state index in [0.717, 1.165) is 70.7 Å². The number of amides is 1. The zero-order valence-electron chi connectivity index (χ0n) is 17.1. The first-order valence-corrected chi connectivity index (χ1v) is 11.4. The van der Waals surface area contributed by atoms with Crippen LogP contribution in [-0.2, 0) is 7.05 Å². The van der Waals surface area contributed by atoms with Gasteiger partial charge >= 0.3 is 0 Å². The van der Waals surface area contributed by atoms with Crippen molar-refractivity contribution in [3.8, 4) is 0 Å². The number of nitrogens with zero attached hydrogens (tertiary/aromatic N) is 5. The topological polar surface area (TPSA) is 63.9 Å². The summed E-state index contributed by atoms with van der Waals surface area (Å²) in [7, 11) is 1.91. The summed E-state index contributed by atoms with van der Waals surface area (Å²) < 4.78 is 2.99. The smallest absolute Gasteiger partial charge is 0.255 e. The standard InChI is InChI=1S/C23H23N5OS/c1-13-20-15(12-17(14-9-10-14)24-21(20)27(2)26-13)23(29)28-11-5-7-18(28)22-25-16-6-3-4-8-19(16)30-22/h3-4,6,8,12,14,18H,5,7,9-11H2,1-2H3. The molecular formula is C23H23N5OS. The minimum atomic E-state index is 0.0412. The molecule has 4 heterocycles. The molecule has 6 nitrogen and oxygen atoms in total. The van der Waals surface area contributed by atoms with Crippen LogP contribution in [0.3, 0.4) is 0 Å². The van der Waals surface area contributed by atoms with Gasteiger partial charge in [0.05, 0.1) is 32.9 Å². The van der Waals surface area contributed by atoms with E-state index >= 15 is 0 Å². The fourth-order valence-corrected chi connectivity index (χ4v) is 5.79. The average molecular weight is 418 g/mol. The van der Waals surface area contributed by atoms with Crippen LogP contribution in [0.15, 0.2) is 30.3 Å². The molecule has 1 unspecified atom stereocenters. The van der Waals surface area contributed by atoms with Crippen LogP contribution in [0, 0.1) is 6.92 Å². The maximum absolute atomic E-state index is 13.9. The summed E-state index contributed by atoms with van der Waals surface area (Å²) >= 11 is 1.71. The van der Waals surface area contributed by atoms with Gasteiger partial charge in [-0.15, -0.1) is 11.3 Å². The second-order valence-corrected chi connectivity index (χ2v) is 9.52. The van der Waals surface area contributed by atoms with Crippen LogP contribution in [0.25, 0.3) is 21.3 Å². The lowest BCUT2D eigenvalue weighted by atomic mass is 10.1. The van der Waals surface area contributed by atoms with E-state index in [1.165, 1.54) is 4.70 Å². The number of likely N-dealkylation sites (tertiary alicyclic amines) is 1. The minimum Gasteiger partial charge on any atom is -0.329 e. The highest BCUT2D eigenvalue weighted by molar-refractivity contribution is 7.18. The fraction of sp³-hybridized carbons (Fsp3) is 0.391. The highest BCUT2D eigenvalue weighted by Crippen LogP contribution is 2.42. The van der Waals surface area contributed by atoms with Crippen molar-refractivity contribution < 1.29 is 4.79 Å². The summed E-state index contributed by atoms with van der Waals surface area (Å²) in [6.07, 6.45) is 4.27. The van der Waals surface area contributed by atoms with Crippen LogP contribution in [0.4, 0.5) is 0 Å². The number of aromatic nitrogens is 4. The number of hydrogen-bond donors (Lipinski definition) is 0. The normalized spacial score (nSPS) is 19.3. The second-order valence-electron chi connectivity index (χ2n) is 8.45. The largest absolute Gasteiger partial charge is 0.329 e. The van der Waals surface area contributed by atoms with Crippen LogP contribution < -0.4 is 0 Å². The molecule has 3 aromatic heterocycles. The molecule has 2 aliphatic rings. The van der Waals surface area contributed by atoms with Gasteiger partial charge < -0.3 is 4.90 Å². The molecule has 4 aromatic rings. The third-order valence-electron chi connectivity index (χ3n) is 6.32. The Morgan fingerprint density at radius 3 is 2.80 bits per heavy atom. The van der Waals surface area contributed by atoms with Crippen LogP contribution in [-0.4, -0.2) is 37.1 Å². The average Bonchev–Trinajstić information content (AvgIpc) is 3.21. The summed E-state index contributed by atoms with van der Waals surface area (Å²) in [5.74, 6) is 0.567. The zero-order valence-corrected chi connectivity index (χ0v) is 17.9. The van der Waals surface area contributed by atoms with E-state index in [9.17, 15) is 4.79 Å². The second kappa shape index (κ2) is 6.60. The van der Waals surface area contributed by atoms with Crippen molar-refractivity contribution in [2.45, 2.75) is 44.6 Å². The summed E-state index contributed by atoms with van der Waals surface area (Å²) in [6, 6.07) is 10.3. The summed E-state index contributed by atoms with van der Waals surface area (Å²) in [6.45, 7) is 2.73. The van der Waals surface area contributed by atoms with Gasteiger partial charge in [-0.25, -0.2) is 9.97 Å². The Morgan fingerprint density at radius 1 is 1.17 bits per heavy atom. The predicted molar refractivity (Wildman–Crippen MR) is 118 cm³/mol. The van der Waals surface area contributed by atoms with Gasteiger partial charge in [0, 0.05) is 25.2 Å². The molecule has 6 rings (SSSR count). The molecule has 1 amide bonds. The zero-order chi connectivity index (χ0) is 20.4. The fourth-order valence-electron chi connectivity index (χ4n) is 4.67. The molecule has 7 heteroatoms. The molecule has 1 aliphatic carbocycles. The molecule has 30 heavy (non-hydrogen) atoms. The Hall–Kier alpha value is -2.80. The molecule has 1 atom stereocenters. The van der Waals surface area contributed by atoms with E-state index in [2.05, 4.69) is 11.2 Å². The Bertz CT molecular complexity index is 1270. The first-order chi connectivity index (χ1) is 14.6. The molecule has 1 saturated carbocycles. The van der Waals surface area contributed by atoms with Crippen LogP contribution in [0.5, 0.6) is 0 Å². The number of thiazole rings is 1. The lowest BCUT2D eigenvalue weighted by Crippen LogP contribution is -2.31. The van der Waals surface area contributed by atoms with Crippen molar-refractivity contribution in [2.75, 3.05) is 6.54 Å². The molecule has 2 fully saturated rings. The molecular weight excluding hydrogens is 394 g/mol. The van der Waals surface area contributed by atoms with E-state index in [0.29, 0.717) is 5.92 Å². The van der Waals surface area contributed by atoms with Gasteiger partial charge in [-0.1, -0.05) is 12.1 Å². The van der Waals surface area contributed by atoms with Gasteiger partial charge in [0.2, 0.25) is 0 Å². The molecule has 1 aliphatic heterocycles. The van der Waals surface area contributed by atoms with Gasteiger partial charge in [0.25, 0.3) is 5.91 Å². The highest BCUT2D eigenvalue weighted by Gasteiger charge is 2.35. The maximum atomic E-state index is 13.9. The lowest BCUT2D eigenvalue weighted by Gasteiger charge is -2.24. The lowest BCUT2D eigenvalue weighted by molar-refractivity contribution is 0.0737. The number of benzene rings is 1. The monoisotopic (exact) mass is 417 g/mol. The van der Waals surface area contributed by atoms with Crippen molar-refractivity contribution in [3.05, 3.63) is 52.3 Å². The molecule has 0 radical (unpaired) electrons. The van der Waals surface area contributed by atoms with Crippen LogP contribution in [0.2, 0.25) is 0 Å². The van der Waals surface area contributed by atoms with Gasteiger partial charge in [-0.2, -0.15) is 5.10 Å². The SMILES string of the molecule is Cc1nn(C)c2nc(C3CC3)cc(C(=O)N3CCCC3c3nc4ccccc4s3)c12. The maximum Gasteiger partial charge on any atom is 0.255 e. The Labute approximate surface area is 178 Å². The van der Waals surface area contributed by atoms with Crippen LogP contribution in [0.1, 0.15) is 64.4 Å². The number of para-hydroxylation sites is 1.